The van der Waals surface area contributed by atoms with Crippen molar-refractivity contribution < 1.29 is 0 Å². The summed E-state index contributed by atoms with van der Waals surface area (Å²) in [5.41, 5.74) is 6.34. The molecule has 4 nitrogen and oxygen atoms in total. The van der Waals surface area contributed by atoms with Gasteiger partial charge in [-0.05, 0) is 46.6 Å². The molecule has 0 unspecified atom stereocenters. The van der Waals surface area contributed by atoms with Gasteiger partial charge in [0, 0.05) is 10.9 Å². The van der Waals surface area contributed by atoms with Crippen molar-refractivity contribution in [2.75, 3.05) is 5.73 Å². The number of halogens is 1. The quantitative estimate of drug-likeness (QED) is 0.866. The highest BCUT2D eigenvalue weighted by Crippen LogP contribution is 2.20. The Balaban J connectivity index is 2.36. The number of rotatable bonds is 2. The zero-order chi connectivity index (χ0) is 12.4. The topological polar surface area (TPSA) is 60.4 Å². The predicted molar refractivity (Wildman–Crippen MR) is 74.9 cm³/mol. The van der Waals surface area contributed by atoms with E-state index in [1.165, 1.54) is 22.1 Å². The fourth-order valence-corrected chi connectivity index (χ4v) is 2.65. The lowest BCUT2D eigenvalue weighted by Crippen LogP contribution is -2.18. The van der Waals surface area contributed by atoms with Crippen molar-refractivity contribution in [3.8, 4) is 0 Å². The maximum absolute atomic E-state index is 11.7. The summed E-state index contributed by atoms with van der Waals surface area (Å²) in [5, 5.41) is 4.07. The molecule has 0 amide bonds. The molecule has 6 heteroatoms. The van der Waals surface area contributed by atoms with Gasteiger partial charge in [-0.2, -0.15) is 9.78 Å². The molecule has 0 fully saturated rings. The first-order valence-electron chi connectivity index (χ1n) is 4.85. The molecule has 0 radical (unpaired) electrons. The molecule has 0 aliphatic heterocycles. The number of nitrogens with two attached hydrogens (primary N) is 1. The number of aromatic nitrogens is 1. The first-order chi connectivity index (χ1) is 8.06. The number of nitrogen functional groups attached to an aromatic ring is 1. The Morgan fingerprint density at radius 3 is 2.82 bits per heavy atom. The third-order valence-corrected chi connectivity index (χ3v) is 3.63. The largest absolute Gasteiger partial charge is 0.384 e. The van der Waals surface area contributed by atoms with Crippen molar-refractivity contribution >= 4 is 39.3 Å². The summed E-state index contributed by atoms with van der Waals surface area (Å²) in [6.45, 7) is 1.82. The van der Waals surface area contributed by atoms with Crippen molar-refractivity contribution in [2.24, 2.45) is 5.10 Å². The Labute approximate surface area is 111 Å². The third-order valence-electron chi connectivity index (χ3n) is 2.07. The lowest BCUT2D eigenvalue weighted by atomic mass is 10.3. The molecular weight excluding hydrogens is 302 g/mol. The van der Waals surface area contributed by atoms with Gasteiger partial charge in [-0.15, -0.1) is 11.3 Å². The third kappa shape index (κ3) is 2.83. The van der Waals surface area contributed by atoms with Crippen LogP contribution in [0.4, 0.5) is 5.82 Å². The number of pyridine rings is 1. The van der Waals surface area contributed by atoms with Crippen LogP contribution in [0.5, 0.6) is 0 Å². The van der Waals surface area contributed by atoms with E-state index in [0.717, 1.165) is 14.2 Å². The van der Waals surface area contributed by atoms with E-state index in [1.807, 2.05) is 19.1 Å². The highest BCUT2D eigenvalue weighted by molar-refractivity contribution is 9.11. The van der Waals surface area contributed by atoms with Crippen LogP contribution in [0.15, 0.2) is 37.9 Å². The summed E-state index contributed by atoms with van der Waals surface area (Å²) >= 11 is 4.89. The summed E-state index contributed by atoms with van der Waals surface area (Å²) < 4.78 is 2.20. The lowest BCUT2D eigenvalue weighted by Gasteiger charge is -2.02. The molecule has 2 N–H and O–H groups in total. The van der Waals surface area contributed by atoms with Crippen molar-refractivity contribution in [3.63, 3.8) is 0 Å². The number of hydrogen-bond acceptors (Lipinski definition) is 4. The Bertz CT molecular complexity index is 630. The van der Waals surface area contributed by atoms with Gasteiger partial charge in [-0.1, -0.05) is 0 Å². The molecule has 2 aromatic heterocycles. The van der Waals surface area contributed by atoms with Crippen molar-refractivity contribution in [1.29, 1.82) is 0 Å². The first-order valence-corrected chi connectivity index (χ1v) is 6.46. The minimum atomic E-state index is -0.227. The Morgan fingerprint density at radius 1 is 1.47 bits per heavy atom. The number of hydrogen-bond donors (Lipinski definition) is 1. The monoisotopic (exact) mass is 311 g/mol. The number of anilines is 1. The predicted octanol–water partition coefficient (Wildman–Crippen LogP) is 2.45. The molecule has 88 valence electrons. The minimum absolute atomic E-state index is 0.227. The van der Waals surface area contributed by atoms with Crippen LogP contribution in [0.2, 0.25) is 0 Å². The fourth-order valence-electron chi connectivity index (χ4n) is 1.36. The molecule has 0 saturated heterocycles. The van der Waals surface area contributed by atoms with Crippen LogP contribution in [-0.2, 0) is 0 Å². The van der Waals surface area contributed by atoms with Gasteiger partial charge >= 0.3 is 0 Å². The SMILES string of the molecule is Cc1cc(N)n(/N=C\c2ccc(Br)s2)c(=O)c1. The molecule has 0 spiro atoms. The van der Waals surface area contributed by atoms with E-state index in [1.54, 1.807) is 12.3 Å². The second-order valence-corrected chi connectivity index (χ2v) is 5.99. The average molecular weight is 312 g/mol. The van der Waals surface area contributed by atoms with Crippen LogP contribution in [0.25, 0.3) is 0 Å². The highest BCUT2D eigenvalue weighted by Gasteiger charge is 2.00. The van der Waals surface area contributed by atoms with Crippen molar-refractivity contribution in [3.05, 3.63) is 48.8 Å². The molecule has 0 atom stereocenters. The number of thiophene rings is 1. The molecule has 2 rings (SSSR count). The smallest absolute Gasteiger partial charge is 0.273 e. The van der Waals surface area contributed by atoms with E-state index < -0.39 is 0 Å². The van der Waals surface area contributed by atoms with Gasteiger partial charge in [0.1, 0.15) is 5.82 Å². The van der Waals surface area contributed by atoms with E-state index in [0.29, 0.717) is 5.82 Å². The molecule has 0 aromatic carbocycles. The van der Waals surface area contributed by atoms with Crippen LogP contribution < -0.4 is 11.3 Å². The summed E-state index contributed by atoms with van der Waals surface area (Å²) in [5.74, 6) is 0.335. The van der Waals surface area contributed by atoms with Crippen LogP contribution in [-0.4, -0.2) is 10.9 Å². The van der Waals surface area contributed by atoms with Gasteiger partial charge in [0.25, 0.3) is 5.56 Å². The lowest BCUT2D eigenvalue weighted by molar-refractivity contribution is 0.844. The Kier molecular flexibility index (Phi) is 3.44. The van der Waals surface area contributed by atoms with Gasteiger partial charge in [0.05, 0.1) is 10.0 Å². The summed E-state index contributed by atoms with van der Waals surface area (Å²) in [6, 6.07) is 7.04. The van der Waals surface area contributed by atoms with Gasteiger partial charge in [0.2, 0.25) is 0 Å². The van der Waals surface area contributed by atoms with Gasteiger partial charge < -0.3 is 5.73 Å². The number of aryl methyl sites for hydroxylation is 1. The van der Waals surface area contributed by atoms with Gasteiger partial charge in [-0.25, -0.2) is 0 Å². The van der Waals surface area contributed by atoms with Crippen molar-refractivity contribution in [1.82, 2.24) is 4.68 Å². The van der Waals surface area contributed by atoms with E-state index in [9.17, 15) is 4.79 Å². The molecule has 2 heterocycles. The number of nitrogens with zero attached hydrogens (tertiary/aromatic N) is 2. The van der Waals surface area contributed by atoms with Crippen LogP contribution >= 0.6 is 27.3 Å². The Morgan fingerprint density at radius 2 is 2.24 bits per heavy atom. The van der Waals surface area contributed by atoms with Crippen LogP contribution in [0, 0.1) is 6.92 Å². The summed E-state index contributed by atoms with van der Waals surface area (Å²) in [4.78, 5) is 12.6. The molecular formula is C11H10BrN3OS. The zero-order valence-electron chi connectivity index (χ0n) is 9.05. The molecule has 0 aliphatic carbocycles. The van der Waals surface area contributed by atoms with Gasteiger partial charge in [-0.3, -0.25) is 4.79 Å². The fraction of sp³-hybridized carbons (Fsp3) is 0.0909. The molecule has 0 saturated carbocycles. The maximum atomic E-state index is 11.7. The van der Waals surface area contributed by atoms with Crippen LogP contribution in [0.1, 0.15) is 10.4 Å². The normalized spacial score (nSPS) is 11.2. The molecule has 2 aromatic rings. The molecule has 0 bridgehead atoms. The second-order valence-electron chi connectivity index (χ2n) is 3.49. The molecule has 0 aliphatic rings. The average Bonchev–Trinajstić information content (AvgIpc) is 2.62. The van der Waals surface area contributed by atoms with Gasteiger partial charge in [0.15, 0.2) is 0 Å². The summed E-state index contributed by atoms with van der Waals surface area (Å²) in [7, 11) is 0. The molecule has 17 heavy (non-hydrogen) atoms. The van der Waals surface area contributed by atoms with E-state index in [2.05, 4.69) is 21.0 Å². The summed E-state index contributed by atoms with van der Waals surface area (Å²) in [6.07, 6.45) is 1.61. The second kappa shape index (κ2) is 4.85. The maximum Gasteiger partial charge on any atom is 0.273 e. The van der Waals surface area contributed by atoms with Crippen molar-refractivity contribution in [2.45, 2.75) is 6.92 Å². The highest BCUT2D eigenvalue weighted by atomic mass is 79.9. The van der Waals surface area contributed by atoms with E-state index in [-0.39, 0.29) is 5.56 Å². The van der Waals surface area contributed by atoms with E-state index >= 15 is 0 Å². The first kappa shape index (κ1) is 12.1. The zero-order valence-corrected chi connectivity index (χ0v) is 11.5. The minimum Gasteiger partial charge on any atom is -0.384 e. The Hall–Kier alpha value is -1.40. The standard InChI is InChI=1S/C11H10BrN3OS/c1-7-4-10(13)15(11(16)5-7)14-6-8-2-3-9(12)17-8/h2-6H,13H2,1H3/b14-6-. The van der Waals surface area contributed by atoms with E-state index in [4.69, 9.17) is 5.73 Å². The van der Waals surface area contributed by atoms with Crippen LogP contribution in [0.3, 0.4) is 0 Å².